The number of piperidine rings is 1. The Morgan fingerprint density at radius 3 is 2.29 bits per heavy atom. The van der Waals surface area contributed by atoms with Crippen LogP contribution in [-0.4, -0.2) is 47.1 Å². The van der Waals surface area contributed by atoms with Crippen molar-refractivity contribution in [3.05, 3.63) is 35.9 Å². The molecular formula is C19H28N2O3. The minimum absolute atomic E-state index is 0.0119. The lowest BCUT2D eigenvalue weighted by Gasteiger charge is -2.32. The van der Waals surface area contributed by atoms with Gasteiger partial charge < -0.3 is 15.3 Å². The van der Waals surface area contributed by atoms with E-state index in [-0.39, 0.29) is 17.7 Å². The molecule has 2 N–H and O–H groups in total. The predicted octanol–water partition coefficient (Wildman–Crippen LogP) is 2.21. The zero-order valence-corrected chi connectivity index (χ0v) is 14.6. The summed E-state index contributed by atoms with van der Waals surface area (Å²) in [5.74, 6) is -0.0641. The summed E-state index contributed by atoms with van der Waals surface area (Å²) in [5, 5.41) is 13.1. The van der Waals surface area contributed by atoms with E-state index >= 15 is 0 Å². The number of benzene rings is 1. The highest BCUT2D eigenvalue weighted by Crippen LogP contribution is 2.20. The molecule has 1 aromatic rings. The van der Waals surface area contributed by atoms with E-state index in [1.54, 1.807) is 0 Å². The van der Waals surface area contributed by atoms with Crippen molar-refractivity contribution in [2.45, 2.75) is 45.1 Å². The van der Waals surface area contributed by atoms with Crippen molar-refractivity contribution in [2.75, 3.05) is 19.6 Å². The van der Waals surface area contributed by atoms with Crippen molar-refractivity contribution in [3.63, 3.8) is 0 Å². The number of rotatable bonds is 6. The van der Waals surface area contributed by atoms with Gasteiger partial charge in [-0.3, -0.25) is 9.59 Å². The third-order valence-electron chi connectivity index (χ3n) is 5.08. The van der Waals surface area contributed by atoms with Crippen LogP contribution in [0.15, 0.2) is 30.3 Å². The third-order valence-corrected chi connectivity index (χ3v) is 5.08. The molecule has 0 spiro atoms. The molecule has 0 bridgehead atoms. The summed E-state index contributed by atoms with van der Waals surface area (Å²) < 4.78 is 0. The van der Waals surface area contributed by atoms with Gasteiger partial charge in [0, 0.05) is 31.1 Å². The van der Waals surface area contributed by atoms with Gasteiger partial charge in [0.05, 0.1) is 5.60 Å². The Morgan fingerprint density at radius 1 is 1.17 bits per heavy atom. The maximum absolute atomic E-state index is 12.4. The van der Waals surface area contributed by atoms with Crippen molar-refractivity contribution in [1.29, 1.82) is 0 Å². The van der Waals surface area contributed by atoms with Crippen molar-refractivity contribution in [1.82, 2.24) is 10.2 Å². The van der Waals surface area contributed by atoms with E-state index in [1.807, 2.05) is 49.1 Å². The molecule has 2 rings (SSSR count). The van der Waals surface area contributed by atoms with Crippen LogP contribution in [-0.2, 0) is 4.79 Å². The Bertz CT molecular complexity index is 547. The minimum atomic E-state index is -0.820. The lowest BCUT2D eigenvalue weighted by molar-refractivity contribution is -0.127. The molecule has 0 aromatic heterocycles. The highest BCUT2D eigenvalue weighted by atomic mass is 16.3. The van der Waals surface area contributed by atoms with Gasteiger partial charge in [-0.05, 0) is 37.8 Å². The summed E-state index contributed by atoms with van der Waals surface area (Å²) in [4.78, 5) is 26.5. The van der Waals surface area contributed by atoms with Gasteiger partial charge in [-0.15, -0.1) is 0 Å². The monoisotopic (exact) mass is 332 g/mol. The van der Waals surface area contributed by atoms with E-state index < -0.39 is 5.60 Å². The fourth-order valence-electron chi connectivity index (χ4n) is 3.00. The first kappa shape index (κ1) is 18.5. The molecule has 1 saturated heterocycles. The van der Waals surface area contributed by atoms with E-state index in [9.17, 15) is 14.7 Å². The third kappa shape index (κ3) is 4.57. The van der Waals surface area contributed by atoms with Gasteiger partial charge in [0.1, 0.15) is 0 Å². The first-order valence-corrected chi connectivity index (χ1v) is 8.83. The zero-order chi connectivity index (χ0) is 17.6. The van der Waals surface area contributed by atoms with Crippen LogP contribution in [0.5, 0.6) is 0 Å². The average Bonchev–Trinajstić information content (AvgIpc) is 2.66. The normalized spacial score (nSPS) is 16.0. The molecule has 0 unspecified atom stereocenters. The van der Waals surface area contributed by atoms with Crippen LogP contribution in [0.1, 0.15) is 49.9 Å². The Balaban J connectivity index is 1.82. The van der Waals surface area contributed by atoms with E-state index in [0.29, 0.717) is 50.9 Å². The van der Waals surface area contributed by atoms with Crippen LogP contribution < -0.4 is 5.32 Å². The van der Waals surface area contributed by atoms with Gasteiger partial charge in [-0.2, -0.15) is 0 Å². The number of aliphatic hydroxyl groups is 1. The smallest absolute Gasteiger partial charge is 0.253 e. The molecule has 1 heterocycles. The van der Waals surface area contributed by atoms with Crippen LogP contribution in [0, 0.1) is 5.92 Å². The van der Waals surface area contributed by atoms with Gasteiger partial charge in [-0.1, -0.05) is 32.0 Å². The average molecular weight is 332 g/mol. The fourth-order valence-corrected chi connectivity index (χ4v) is 3.00. The maximum atomic E-state index is 12.4. The van der Waals surface area contributed by atoms with Gasteiger partial charge in [0.15, 0.2) is 0 Å². The molecule has 1 aliphatic heterocycles. The number of likely N-dealkylation sites (tertiary alicyclic amines) is 1. The molecule has 24 heavy (non-hydrogen) atoms. The zero-order valence-electron chi connectivity index (χ0n) is 14.6. The van der Waals surface area contributed by atoms with Crippen molar-refractivity contribution in [3.8, 4) is 0 Å². The van der Waals surface area contributed by atoms with Crippen molar-refractivity contribution in [2.24, 2.45) is 5.92 Å². The van der Waals surface area contributed by atoms with Crippen LogP contribution in [0.25, 0.3) is 0 Å². The minimum Gasteiger partial charge on any atom is -0.388 e. The second-order valence-electron chi connectivity index (χ2n) is 6.58. The Labute approximate surface area is 144 Å². The van der Waals surface area contributed by atoms with Crippen molar-refractivity contribution < 1.29 is 14.7 Å². The van der Waals surface area contributed by atoms with Crippen LogP contribution in [0.4, 0.5) is 0 Å². The predicted molar refractivity (Wildman–Crippen MR) is 93.6 cm³/mol. The number of amides is 2. The Hall–Kier alpha value is -1.88. The summed E-state index contributed by atoms with van der Waals surface area (Å²) in [5.41, 5.74) is -0.129. The number of carbonyl (C=O) groups excluding carboxylic acids is 2. The second-order valence-corrected chi connectivity index (χ2v) is 6.58. The molecule has 0 radical (unpaired) electrons. The highest BCUT2D eigenvalue weighted by molar-refractivity contribution is 5.94. The largest absolute Gasteiger partial charge is 0.388 e. The number of hydrogen-bond donors (Lipinski definition) is 2. The molecular weight excluding hydrogens is 304 g/mol. The van der Waals surface area contributed by atoms with E-state index in [2.05, 4.69) is 5.32 Å². The lowest BCUT2D eigenvalue weighted by atomic mass is 9.93. The standard InChI is InChI=1S/C19H28N2O3/c1-3-19(24,4-2)14-20-17(22)15-10-12-21(13-11-15)18(23)16-8-6-5-7-9-16/h5-9,15,24H,3-4,10-14H2,1-2H3,(H,20,22). The quantitative estimate of drug-likeness (QED) is 0.839. The number of nitrogens with zero attached hydrogens (tertiary/aromatic N) is 1. The number of hydrogen-bond acceptors (Lipinski definition) is 3. The number of carbonyl (C=O) groups is 2. The van der Waals surface area contributed by atoms with Crippen molar-refractivity contribution >= 4 is 11.8 Å². The highest BCUT2D eigenvalue weighted by Gasteiger charge is 2.29. The summed E-state index contributed by atoms with van der Waals surface area (Å²) in [7, 11) is 0. The lowest BCUT2D eigenvalue weighted by Crippen LogP contribution is -2.47. The van der Waals surface area contributed by atoms with Crippen LogP contribution >= 0.6 is 0 Å². The van der Waals surface area contributed by atoms with Crippen LogP contribution in [0.3, 0.4) is 0 Å². The molecule has 5 heteroatoms. The number of nitrogens with one attached hydrogen (secondary N) is 1. The first-order chi connectivity index (χ1) is 11.5. The van der Waals surface area contributed by atoms with Gasteiger partial charge in [-0.25, -0.2) is 0 Å². The SMILES string of the molecule is CCC(O)(CC)CNC(=O)C1CCN(C(=O)c2ccccc2)CC1. The molecule has 2 amide bonds. The van der Waals surface area contributed by atoms with E-state index in [4.69, 9.17) is 0 Å². The summed E-state index contributed by atoms with van der Waals surface area (Å²) >= 11 is 0. The molecule has 0 aliphatic carbocycles. The molecule has 0 saturated carbocycles. The van der Waals surface area contributed by atoms with Gasteiger partial charge in [0.25, 0.3) is 5.91 Å². The molecule has 1 aromatic carbocycles. The second kappa shape index (κ2) is 8.29. The first-order valence-electron chi connectivity index (χ1n) is 8.83. The molecule has 1 aliphatic rings. The molecule has 1 fully saturated rings. The molecule has 5 nitrogen and oxygen atoms in total. The Kier molecular flexibility index (Phi) is 6.37. The molecule has 132 valence electrons. The maximum Gasteiger partial charge on any atom is 0.253 e. The molecule has 0 atom stereocenters. The summed E-state index contributed by atoms with van der Waals surface area (Å²) in [6.45, 7) is 5.32. The Morgan fingerprint density at radius 2 is 1.75 bits per heavy atom. The summed E-state index contributed by atoms with van der Waals surface area (Å²) in [6.07, 6.45) is 2.57. The summed E-state index contributed by atoms with van der Waals surface area (Å²) in [6, 6.07) is 9.24. The van der Waals surface area contributed by atoms with Gasteiger partial charge >= 0.3 is 0 Å². The fraction of sp³-hybridized carbons (Fsp3) is 0.579. The van der Waals surface area contributed by atoms with Gasteiger partial charge in [0.2, 0.25) is 5.91 Å². The van der Waals surface area contributed by atoms with E-state index in [0.717, 1.165) is 0 Å². The van der Waals surface area contributed by atoms with E-state index in [1.165, 1.54) is 0 Å². The topological polar surface area (TPSA) is 69.6 Å². The van der Waals surface area contributed by atoms with Crippen LogP contribution in [0.2, 0.25) is 0 Å².